The molecule has 1 aromatic rings. The Hall–Kier alpha value is -1.95. The predicted octanol–water partition coefficient (Wildman–Crippen LogP) is 2.70. The van der Waals surface area contributed by atoms with Crippen LogP contribution in [0.5, 0.6) is 0 Å². The van der Waals surface area contributed by atoms with Crippen LogP contribution >= 0.6 is 0 Å². The van der Waals surface area contributed by atoms with Gasteiger partial charge in [0.1, 0.15) is 0 Å². The van der Waals surface area contributed by atoms with Gasteiger partial charge in [-0.05, 0) is 17.9 Å². The van der Waals surface area contributed by atoms with Gasteiger partial charge in [0, 0.05) is 31.3 Å². The lowest BCUT2D eigenvalue weighted by atomic mass is 9.99. The average Bonchev–Trinajstić information content (AvgIpc) is 2.82. The van der Waals surface area contributed by atoms with Crippen molar-refractivity contribution < 1.29 is 14.8 Å². The number of carboxylic acids is 1. The first-order chi connectivity index (χ1) is 9.93. The van der Waals surface area contributed by atoms with Crippen LogP contribution in [0.3, 0.4) is 0 Å². The van der Waals surface area contributed by atoms with E-state index in [0.717, 1.165) is 12.0 Å². The van der Waals surface area contributed by atoms with Gasteiger partial charge in [-0.2, -0.15) is 0 Å². The van der Waals surface area contributed by atoms with E-state index in [1.54, 1.807) is 12.1 Å². The van der Waals surface area contributed by atoms with E-state index in [4.69, 9.17) is 0 Å². The van der Waals surface area contributed by atoms with Crippen LogP contribution in [0.2, 0.25) is 0 Å². The van der Waals surface area contributed by atoms with Gasteiger partial charge < -0.3 is 5.11 Å². The van der Waals surface area contributed by atoms with Crippen LogP contribution in [-0.2, 0) is 4.79 Å². The summed E-state index contributed by atoms with van der Waals surface area (Å²) in [4.78, 5) is 23.9. The number of carbonyl (C=O) groups is 1. The van der Waals surface area contributed by atoms with E-state index in [0.29, 0.717) is 13.1 Å². The van der Waals surface area contributed by atoms with E-state index in [1.807, 2.05) is 19.9 Å². The zero-order chi connectivity index (χ0) is 15.6. The summed E-state index contributed by atoms with van der Waals surface area (Å²) < 4.78 is 0. The molecule has 1 N–H and O–H groups in total. The van der Waals surface area contributed by atoms with E-state index in [1.165, 1.54) is 6.07 Å². The molecule has 6 nitrogen and oxygen atoms in total. The van der Waals surface area contributed by atoms with E-state index >= 15 is 0 Å². The summed E-state index contributed by atoms with van der Waals surface area (Å²) in [6, 6.07) is 6.65. The Balaban J connectivity index is 2.23. The monoisotopic (exact) mass is 292 g/mol. The van der Waals surface area contributed by atoms with Gasteiger partial charge >= 0.3 is 5.97 Å². The first-order valence-corrected chi connectivity index (χ1v) is 7.15. The zero-order valence-electron chi connectivity index (χ0n) is 12.2. The van der Waals surface area contributed by atoms with Crippen LogP contribution in [0.25, 0.3) is 0 Å². The van der Waals surface area contributed by atoms with Crippen molar-refractivity contribution in [1.29, 1.82) is 0 Å². The van der Waals surface area contributed by atoms with Crippen LogP contribution in [-0.4, -0.2) is 34.0 Å². The maximum absolute atomic E-state index is 11.2. The van der Waals surface area contributed by atoms with Crippen molar-refractivity contribution >= 4 is 11.7 Å². The highest BCUT2D eigenvalue weighted by molar-refractivity contribution is 5.71. The van der Waals surface area contributed by atoms with E-state index < -0.39 is 10.9 Å². The maximum atomic E-state index is 11.2. The van der Waals surface area contributed by atoms with Gasteiger partial charge in [0.05, 0.1) is 10.8 Å². The molecule has 1 heterocycles. The van der Waals surface area contributed by atoms with E-state index in [-0.39, 0.29) is 23.6 Å². The summed E-state index contributed by atoms with van der Waals surface area (Å²) >= 11 is 0. The fourth-order valence-corrected chi connectivity index (χ4v) is 3.13. The van der Waals surface area contributed by atoms with Gasteiger partial charge in [0.15, 0.2) is 0 Å². The van der Waals surface area contributed by atoms with Gasteiger partial charge in [-0.25, -0.2) is 0 Å². The summed E-state index contributed by atoms with van der Waals surface area (Å²) in [5.41, 5.74) is 0.956. The molecule has 0 amide bonds. The SMILES string of the molecule is CCC(c1cccc([N+](=O)[O-])c1)N1C[C@@H](C)[C@H](C(=O)O)C1. The predicted molar refractivity (Wildman–Crippen MR) is 78.0 cm³/mol. The molecule has 6 heteroatoms. The second-order valence-corrected chi connectivity index (χ2v) is 5.65. The Morgan fingerprint density at radius 2 is 2.24 bits per heavy atom. The molecule has 1 aliphatic heterocycles. The third-order valence-electron chi connectivity index (χ3n) is 4.25. The highest BCUT2D eigenvalue weighted by Crippen LogP contribution is 2.34. The summed E-state index contributed by atoms with van der Waals surface area (Å²) in [7, 11) is 0. The number of aliphatic carboxylic acids is 1. The van der Waals surface area contributed by atoms with Crippen LogP contribution in [0.4, 0.5) is 5.69 Å². The Morgan fingerprint density at radius 3 is 2.76 bits per heavy atom. The van der Waals surface area contributed by atoms with Crippen molar-refractivity contribution in [3.8, 4) is 0 Å². The lowest BCUT2D eigenvalue weighted by Gasteiger charge is -2.27. The molecule has 1 unspecified atom stereocenters. The molecular formula is C15H20N2O4. The molecule has 0 spiro atoms. The van der Waals surface area contributed by atoms with Crippen molar-refractivity contribution in [2.24, 2.45) is 11.8 Å². The highest BCUT2D eigenvalue weighted by Gasteiger charge is 2.37. The summed E-state index contributed by atoms with van der Waals surface area (Å²) in [5, 5.41) is 20.1. The molecule has 0 bridgehead atoms. The quantitative estimate of drug-likeness (QED) is 0.666. The third-order valence-corrected chi connectivity index (χ3v) is 4.25. The number of benzene rings is 1. The summed E-state index contributed by atoms with van der Waals surface area (Å²) in [6.07, 6.45) is 0.792. The van der Waals surface area contributed by atoms with Crippen molar-refractivity contribution in [2.45, 2.75) is 26.3 Å². The number of hydrogen-bond acceptors (Lipinski definition) is 4. The lowest BCUT2D eigenvalue weighted by Crippen LogP contribution is -2.27. The standard InChI is InChI=1S/C15H20N2O4/c1-3-14(11-5-4-6-12(7-11)17(20)21)16-8-10(2)13(9-16)15(18)19/h4-7,10,13-14H,3,8-9H2,1-2H3,(H,18,19)/t10-,13-,14?/m1/s1. The van der Waals surface area contributed by atoms with E-state index in [2.05, 4.69) is 4.90 Å². The molecule has 0 saturated carbocycles. The molecule has 2 rings (SSSR count). The molecule has 0 radical (unpaired) electrons. The molecule has 3 atom stereocenters. The summed E-state index contributed by atoms with van der Waals surface area (Å²) in [6.45, 7) is 5.16. The minimum atomic E-state index is -0.765. The number of nitro benzene ring substituents is 1. The van der Waals surface area contributed by atoms with Crippen molar-refractivity contribution in [1.82, 2.24) is 4.90 Å². The van der Waals surface area contributed by atoms with Crippen molar-refractivity contribution in [3.63, 3.8) is 0 Å². The van der Waals surface area contributed by atoms with Crippen LogP contribution < -0.4 is 0 Å². The van der Waals surface area contributed by atoms with Gasteiger partial charge in [0.25, 0.3) is 5.69 Å². The van der Waals surface area contributed by atoms with Gasteiger partial charge in [-0.3, -0.25) is 19.8 Å². The molecule has 114 valence electrons. The Bertz CT molecular complexity index is 546. The highest BCUT2D eigenvalue weighted by atomic mass is 16.6. The minimum Gasteiger partial charge on any atom is -0.481 e. The number of non-ortho nitro benzene ring substituents is 1. The molecular weight excluding hydrogens is 272 g/mol. The molecule has 1 aliphatic rings. The Kier molecular flexibility index (Phi) is 4.57. The smallest absolute Gasteiger partial charge is 0.308 e. The normalized spacial score (nSPS) is 23.9. The second kappa shape index (κ2) is 6.22. The fraction of sp³-hybridized carbons (Fsp3) is 0.533. The molecule has 0 aromatic heterocycles. The Morgan fingerprint density at radius 1 is 1.52 bits per heavy atom. The third kappa shape index (κ3) is 3.21. The number of nitro groups is 1. The number of nitrogens with zero attached hydrogens (tertiary/aromatic N) is 2. The zero-order valence-corrected chi connectivity index (χ0v) is 12.2. The topological polar surface area (TPSA) is 83.7 Å². The summed E-state index contributed by atoms with van der Waals surface area (Å²) in [5.74, 6) is -1.04. The molecule has 0 aliphatic carbocycles. The molecule has 1 saturated heterocycles. The first-order valence-electron chi connectivity index (χ1n) is 7.15. The van der Waals surface area contributed by atoms with Crippen molar-refractivity contribution in [3.05, 3.63) is 39.9 Å². The maximum Gasteiger partial charge on any atom is 0.308 e. The van der Waals surface area contributed by atoms with Crippen LogP contribution in [0.15, 0.2) is 24.3 Å². The first kappa shape index (κ1) is 15.4. The average molecular weight is 292 g/mol. The minimum absolute atomic E-state index is 0.0247. The number of likely N-dealkylation sites (tertiary alicyclic amines) is 1. The van der Waals surface area contributed by atoms with Crippen LogP contribution in [0, 0.1) is 22.0 Å². The van der Waals surface area contributed by atoms with Crippen molar-refractivity contribution in [2.75, 3.05) is 13.1 Å². The van der Waals surface area contributed by atoms with E-state index in [9.17, 15) is 20.0 Å². The fourth-order valence-electron chi connectivity index (χ4n) is 3.13. The Labute approximate surface area is 123 Å². The molecule has 21 heavy (non-hydrogen) atoms. The molecule has 1 aromatic carbocycles. The second-order valence-electron chi connectivity index (χ2n) is 5.65. The van der Waals surface area contributed by atoms with Crippen LogP contribution in [0.1, 0.15) is 31.9 Å². The lowest BCUT2D eigenvalue weighted by molar-refractivity contribution is -0.385. The van der Waals surface area contributed by atoms with Gasteiger partial charge in [-0.15, -0.1) is 0 Å². The largest absolute Gasteiger partial charge is 0.481 e. The molecule has 1 fully saturated rings. The number of carboxylic acid groups (broad SMARTS) is 1. The van der Waals surface area contributed by atoms with Gasteiger partial charge in [-0.1, -0.05) is 26.0 Å². The number of rotatable bonds is 5. The number of hydrogen-bond donors (Lipinski definition) is 1. The van der Waals surface area contributed by atoms with Gasteiger partial charge in [0.2, 0.25) is 0 Å².